The van der Waals surface area contributed by atoms with E-state index in [0.29, 0.717) is 6.61 Å². The van der Waals surface area contributed by atoms with Crippen molar-refractivity contribution in [3.63, 3.8) is 0 Å². The zero-order valence-corrected chi connectivity index (χ0v) is 12.0. The Labute approximate surface area is 120 Å². The molecule has 0 heterocycles. The number of aryl methyl sites for hydroxylation is 1. The Morgan fingerprint density at radius 1 is 1.11 bits per heavy atom. The fraction of sp³-hybridized carbons (Fsp3) is 0.438. The SMILES string of the molecule is C=Cc1ccc(CCCCCCCOC(=O)Cl)cc1. The summed E-state index contributed by atoms with van der Waals surface area (Å²) in [6, 6.07) is 8.53. The van der Waals surface area contributed by atoms with E-state index >= 15 is 0 Å². The van der Waals surface area contributed by atoms with Gasteiger partial charge in [0, 0.05) is 11.6 Å². The highest BCUT2D eigenvalue weighted by atomic mass is 35.5. The first kappa shape index (κ1) is 15.8. The summed E-state index contributed by atoms with van der Waals surface area (Å²) in [5, 5.41) is 0. The molecule has 0 amide bonds. The number of hydrogen-bond donors (Lipinski definition) is 0. The van der Waals surface area contributed by atoms with Gasteiger partial charge in [0.1, 0.15) is 0 Å². The molecule has 1 aromatic carbocycles. The molecule has 0 aliphatic rings. The van der Waals surface area contributed by atoms with Gasteiger partial charge < -0.3 is 4.74 Å². The predicted molar refractivity (Wildman–Crippen MR) is 80.5 cm³/mol. The molecular weight excluding hydrogens is 260 g/mol. The maximum Gasteiger partial charge on any atom is 0.403 e. The molecule has 0 aromatic heterocycles. The molecule has 0 aliphatic heterocycles. The van der Waals surface area contributed by atoms with Gasteiger partial charge in [-0.3, -0.25) is 0 Å². The first-order chi connectivity index (χ1) is 9.22. The average molecular weight is 281 g/mol. The molecule has 2 nitrogen and oxygen atoms in total. The molecule has 1 aromatic rings. The number of hydrogen-bond acceptors (Lipinski definition) is 2. The smallest absolute Gasteiger partial charge is 0.403 e. The largest absolute Gasteiger partial charge is 0.454 e. The lowest BCUT2D eigenvalue weighted by Crippen LogP contribution is -1.96. The normalized spacial score (nSPS) is 10.2. The lowest BCUT2D eigenvalue weighted by molar-refractivity contribution is 0.170. The third-order valence-electron chi connectivity index (χ3n) is 3.04. The summed E-state index contributed by atoms with van der Waals surface area (Å²) in [6.45, 7) is 4.18. The van der Waals surface area contributed by atoms with Crippen LogP contribution in [0.3, 0.4) is 0 Å². The summed E-state index contributed by atoms with van der Waals surface area (Å²) in [5.74, 6) is 0. The Hall–Kier alpha value is -1.28. The Morgan fingerprint density at radius 2 is 1.74 bits per heavy atom. The minimum atomic E-state index is -0.706. The van der Waals surface area contributed by atoms with Crippen LogP contribution in [0.25, 0.3) is 6.08 Å². The second-order valence-electron chi connectivity index (χ2n) is 4.55. The maximum absolute atomic E-state index is 10.3. The van der Waals surface area contributed by atoms with Gasteiger partial charge in [-0.05, 0) is 30.4 Å². The third kappa shape index (κ3) is 7.68. The number of benzene rings is 1. The molecular formula is C16H21ClO2. The summed E-state index contributed by atoms with van der Waals surface area (Å²) >= 11 is 5.06. The second-order valence-corrected chi connectivity index (χ2v) is 4.86. The number of carbonyl (C=O) groups is 1. The molecule has 0 radical (unpaired) electrons. The van der Waals surface area contributed by atoms with Crippen LogP contribution < -0.4 is 0 Å². The number of ether oxygens (including phenoxy) is 1. The van der Waals surface area contributed by atoms with Gasteiger partial charge in [-0.1, -0.05) is 56.2 Å². The summed E-state index contributed by atoms with van der Waals surface area (Å²) < 4.78 is 4.66. The molecule has 0 fully saturated rings. The monoisotopic (exact) mass is 280 g/mol. The summed E-state index contributed by atoms with van der Waals surface area (Å²) in [7, 11) is 0. The van der Waals surface area contributed by atoms with Crippen molar-refractivity contribution in [1.82, 2.24) is 0 Å². The van der Waals surface area contributed by atoms with Gasteiger partial charge in [-0.2, -0.15) is 0 Å². The molecule has 0 aliphatic carbocycles. The number of unbranched alkanes of at least 4 members (excludes halogenated alkanes) is 4. The Morgan fingerprint density at radius 3 is 2.37 bits per heavy atom. The standard InChI is InChI=1S/C16H21ClO2/c1-2-14-9-11-15(12-10-14)8-6-4-3-5-7-13-19-16(17)18/h2,9-12H,1,3-8,13H2. The highest BCUT2D eigenvalue weighted by molar-refractivity contribution is 6.61. The zero-order chi connectivity index (χ0) is 13.9. The van der Waals surface area contributed by atoms with Crippen molar-refractivity contribution in [3.8, 4) is 0 Å². The van der Waals surface area contributed by atoms with Crippen LogP contribution in [0.5, 0.6) is 0 Å². The summed E-state index contributed by atoms with van der Waals surface area (Å²) in [4.78, 5) is 10.3. The molecule has 0 bridgehead atoms. The molecule has 104 valence electrons. The van der Waals surface area contributed by atoms with Crippen LogP contribution in [-0.4, -0.2) is 12.0 Å². The van der Waals surface area contributed by atoms with Crippen molar-refractivity contribution < 1.29 is 9.53 Å². The van der Waals surface area contributed by atoms with Gasteiger partial charge in [0.2, 0.25) is 0 Å². The van der Waals surface area contributed by atoms with E-state index < -0.39 is 5.43 Å². The van der Waals surface area contributed by atoms with Crippen LogP contribution in [0.15, 0.2) is 30.8 Å². The molecule has 0 unspecified atom stereocenters. The van der Waals surface area contributed by atoms with Gasteiger partial charge >= 0.3 is 5.43 Å². The molecule has 0 N–H and O–H groups in total. The number of carbonyl (C=O) groups excluding carboxylic acids is 1. The highest BCUT2D eigenvalue weighted by Crippen LogP contribution is 2.11. The van der Waals surface area contributed by atoms with Crippen LogP contribution in [0.1, 0.15) is 43.2 Å². The quantitative estimate of drug-likeness (QED) is 0.459. The van der Waals surface area contributed by atoms with E-state index in [1.54, 1.807) is 0 Å². The van der Waals surface area contributed by atoms with Crippen molar-refractivity contribution in [3.05, 3.63) is 42.0 Å². The Bertz CT molecular complexity index is 384. The maximum atomic E-state index is 10.3. The third-order valence-corrected chi connectivity index (χ3v) is 3.15. The van der Waals surface area contributed by atoms with Crippen LogP contribution in [0.4, 0.5) is 4.79 Å². The molecule has 1 rings (SSSR count). The van der Waals surface area contributed by atoms with Crippen molar-refractivity contribution >= 4 is 23.1 Å². The summed E-state index contributed by atoms with van der Waals surface area (Å²) in [5.41, 5.74) is 1.84. The minimum Gasteiger partial charge on any atom is -0.454 e. The van der Waals surface area contributed by atoms with Crippen LogP contribution in [0.2, 0.25) is 0 Å². The van der Waals surface area contributed by atoms with E-state index in [-0.39, 0.29) is 0 Å². The summed E-state index contributed by atoms with van der Waals surface area (Å²) in [6.07, 6.45) is 8.53. The fourth-order valence-electron chi connectivity index (χ4n) is 1.93. The van der Waals surface area contributed by atoms with Gasteiger partial charge in [0.05, 0.1) is 6.61 Å². The number of halogens is 1. The van der Waals surface area contributed by atoms with E-state index in [2.05, 4.69) is 35.6 Å². The van der Waals surface area contributed by atoms with E-state index in [9.17, 15) is 4.79 Å². The van der Waals surface area contributed by atoms with Crippen LogP contribution >= 0.6 is 11.6 Å². The van der Waals surface area contributed by atoms with Crippen molar-refractivity contribution in [2.24, 2.45) is 0 Å². The van der Waals surface area contributed by atoms with E-state index in [1.165, 1.54) is 24.8 Å². The van der Waals surface area contributed by atoms with E-state index in [4.69, 9.17) is 11.6 Å². The van der Waals surface area contributed by atoms with Crippen LogP contribution in [0, 0.1) is 0 Å². The van der Waals surface area contributed by atoms with Gasteiger partial charge in [-0.15, -0.1) is 0 Å². The van der Waals surface area contributed by atoms with Gasteiger partial charge in [-0.25, -0.2) is 4.79 Å². The van der Waals surface area contributed by atoms with Crippen molar-refractivity contribution in [1.29, 1.82) is 0 Å². The second kappa shape index (κ2) is 9.62. The van der Waals surface area contributed by atoms with E-state index in [1.807, 2.05) is 6.08 Å². The fourth-order valence-corrected chi connectivity index (χ4v) is 2.01. The van der Waals surface area contributed by atoms with E-state index in [0.717, 1.165) is 24.8 Å². The lowest BCUT2D eigenvalue weighted by atomic mass is 10.0. The Kier molecular flexibility index (Phi) is 7.99. The average Bonchev–Trinajstić information content (AvgIpc) is 2.42. The van der Waals surface area contributed by atoms with Crippen molar-refractivity contribution in [2.45, 2.75) is 38.5 Å². The molecule has 3 heteroatoms. The molecule has 0 saturated carbocycles. The first-order valence-corrected chi connectivity index (χ1v) is 7.14. The van der Waals surface area contributed by atoms with Crippen molar-refractivity contribution in [2.75, 3.05) is 6.61 Å². The molecule has 19 heavy (non-hydrogen) atoms. The topological polar surface area (TPSA) is 26.3 Å². The van der Waals surface area contributed by atoms with Gasteiger partial charge in [0.25, 0.3) is 0 Å². The molecule has 0 atom stereocenters. The molecule has 0 saturated heterocycles. The number of rotatable bonds is 9. The predicted octanol–water partition coefficient (Wildman–Crippen LogP) is 5.20. The minimum absolute atomic E-state index is 0.436. The zero-order valence-electron chi connectivity index (χ0n) is 11.2. The van der Waals surface area contributed by atoms with Crippen LogP contribution in [-0.2, 0) is 11.2 Å². The molecule has 0 spiro atoms. The first-order valence-electron chi connectivity index (χ1n) is 6.76. The highest BCUT2D eigenvalue weighted by Gasteiger charge is 1.97. The lowest BCUT2D eigenvalue weighted by Gasteiger charge is -2.03. The van der Waals surface area contributed by atoms with Gasteiger partial charge in [0.15, 0.2) is 0 Å². The Balaban J connectivity index is 2.01.